The van der Waals surface area contributed by atoms with Gasteiger partial charge in [0.2, 0.25) is 0 Å². The van der Waals surface area contributed by atoms with E-state index in [4.69, 9.17) is 27.9 Å². The number of nitrogens with one attached hydrogen (secondary N) is 1. The average molecular weight is 338 g/mol. The molecule has 0 heterocycles. The Balaban J connectivity index is 1.92. The summed E-state index contributed by atoms with van der Waals surface area (Å²) < 4.78 is 4.93. The lowest BCUT2D eigenvalue weighted by Crippen LogP contribution is -2.21. The van der Waals surface area contributed by atoms with Crippen LogP contribution in [0.15, 0.2) is 42.5 Å². The molecule has 2 aromatic carbocycles. The Kier molecular flexibility index (Phi) is 5.41. The van der Waals surface area contributed by atoms with Crippen molar-refractivity contribution >= 4 is 40.8 Å². The molecule has 0 atom stereocenters. The average Bonchev–Trinajstić information content (AvgIpc) is 2.50. The molecule has 0 aromatic heterocycles. The highest BCUT2D eigenvalue weighted by atomic mass is 35.5. The first-order chi connectivity index (χ1) is 10.5. The molecule has 0 saturated carbocycles. The molecule has 0 aliphatic carbocycles. The zero-order chi connectivity index (χ0) is 16.1. The maximum Gasteiger partial charge on any atom is 0.340 e. The zero-order valence-corrected chi connectivity index (χ0v) is 13.2. The lowest BCUT2D eigenvalue weighted by atomic mass is 10.2. The second-order valence-electron chi connectivity index (χ2n) is 4.59. The van der Waals surface area contributed by atoms with Crippen LogP contribution in [0.3, 0.4) is 0 Å². The van der Waals surface area contributed by atoms with Crippen molar-refractivity contribution in [1.29, 1.82) is 0 Å². The van der Waals surface area contributed by atoms with Gasteiger partial charge in [-0.05, 0) is 31.2 Å². The largest absolute Gasteiger partial charge is 0.452 e. The third-order valence-electron chi connectivity index (χ3n) is 2.84. The van der Waals surface area contributed by atoms with Gasteiger partial charge in [-0.25, -0.2) is 4.79 Å². The lowest BCUT2D eigenvalue weighted by Gasteiger charge is -2.08. The minimum atomic E-state index is -0.702. The van der Waals surface area contributed by atoms with Crippen LogP contribution in [0.5, 0.6) is 0 Å². The molecule has 2 rings (SSSR count). The molecule has 0 unspecified atom stereocenters. The van der Waals surface area contributed by atoms with E-state index >= 15 is 0 Å². The van der Waals surface area contributed by atoms with Crippen molar-refractivity contribution < 1.29 is 14.3 Å². The number of anilines is 1. The van der Waals surface area contributed by atoms with Crippen molar-refractivity contribution in [3.8, 4) is 0 Å². The number of benzene rings is 2. The monoisotopic (exact) mass is 337 g/mol. The fourth-order valence-corrected chi connectivity index (χ4v) is 2.08. The van der Waals surface area contributed by atoms with Crippen molar-refractivity contribution in [3.63, 3.8) is 0 Å². The maximum absolute atomic E-state index is 11.9. The molecule has 1 N–H and O–H groups in total. The molecular weight excluding hydrogens is 325 g/mol. The minimum Gasteiger partial charge on any atom is -0.452 e. The van der Waals surface area contributed by atoms with Crippen LogP contribution in [-0.4, -0.2) is 18.5 Å². The van der Waals surface area contributed by atoms with Gasteiger partial charge in [-0.2, -0.15) is 0 Å². The normalized spacial score (nSPS) is 10.1. The summed E-state index contributed by atoms with van der Waals surface area (Å²) in [5, 5.41) is 2.98. The van der Waals surface area contributed by atoms with Gasteiger partial charge >= 0.3 is 5.97 Å². The second kappa shape index (κ2) is 7.29. The summed E-state index contributed by atoms with van der Waals surface area (Å²) >= 11 is 11.7. The van der Waals surface area contributed by atoms with Gasteiger partial charge in [0.15, 0.2) is 6.61 Å². The number of hydrogen-bond donors (Lipinski definition) is 1. The number of hydrogen-bond acceptors (Lipinski definition) is 3. The van der Waals surface area contributed by atoms with Crippen molar-refractivity contribution in [1.82, 2.24) is 0 Å². The predicted molar refractivity (Wildman–Crippen MR) is 86.6 cm³/mol. The molecule has 4 nitrogen and oxygen atoms in total. The molecule has 1 amide bonds. The number of carbonyl (C=O) groups excluding carboxylic acids is 2. The third-order valence-corrected chi connectivity index (χ3v) is 3.66. The van der Waals surface area contributed by atoms with Crippen LogP contribution in [0, 0.1) is 6.92 Å². The van der Waals surface area contributed by atoms with Crippen molar-refractivity contribution in [2.45, 2.75) is 6.92 Å². The van der Waals surface area contributed by atoms with Gasteiger partial charge in [-0.3, -0.25) is 4.79 Å². The molecule has 0 saturated heterocycles. The Morgan fingerprint density at radius 2 is 1.77 bits per heavy atom. The Morgan fingerprint density at radius 1 is 1.09 bits per heavy atom. The van der Waals surface area contributed by atoms with E-state index in [1.807, 2.05) is 19.1 Å². The van der Waals surface area contributed by atoms with Crippen molar-refractivity contribution in [3.05, 3.63) is 63.6 Å². The summed E-state index contributed by atoms with van der Waals surface area (Å²) in [5.74, 6) is -1.14. The van der Waals surface area contributed by atoms with Crippen LogP contribution in [0.4, 0.5) is 5.69 Å². The number of esters is 1. The Morgan fingerprint density at radius 3 is 2.45 bits per heavy atom. The number of amides is 1. The molecule has 0 spiro atoms. The van der Waals surface area contributed by atoms with Gasteiger partial charge in [0, 0.05) is 5.69 Å². The topological polar surface area (TPSA) is 55.4 Å². The van der Waals surface area contributed by atoms with Gasteiger partial charge in [0.25, 0.3) is 5.91 Å². The summed E-state index contributed by atoms with van der Waals surface area (Å²) in [7, 11) is 0. The van der Waals surface area contributed by atoms with E-state index in [2.05, 4.69) is 5.32 Å². The molecule has 6 heteroatoms. The SMILES string of the molecule is Cc1ccc(NC(=O)COC(=O)c2cccc(Cl)c2Cl)cc1. The van der Waals surface area contributed by atoms with E-state index in [9.17, 15) is 9.59 Å². The molecule has 0 aliphatic rings. The summed E-state index contributed by atoms with van der Waals surface area (Å²) in [6.45, 7) is 1.54. The molecule has 0 fully saturated rings. The smallest absolute Gasteiger partial charge is 0.340 e. The first-order valence-electron chi connectivity index (χ1n) is 6.45. The minimum absolute atomic E-state index is 0.105. The molecule has 0 bridgehead atoms. The van der Waals surface area contributed by atoms with Crippen LogP contribution < -0.4 is 5.32 Å². The predicted octanol–water partition coefficient (Wildman–Crippen LogP) is 4.10. The van der Waals surface area contributed by atoms with E-state index in [0.717, 1.165) is 5.56 Å². The first kappa shape index (κ1) is 16.3. The number of ether oxygens (including phenoxy) is 1. The molecule has 114 valence electrons. The lowest BCUT2D eigenvalue weighted by molar-refractivity contribution is -0.119. The summed E-state index contributed by atoms with van der Waals surface area (Å²) in [6.07, 6.45) is 0. The Labute approximate surface area is 138 Å². The molecule has 22 heavy (non-hydrogen) atoms. The first-order valence-corrected chi connectivity index (χ1v) is 7.20. The Hall–Kier alpha value is -2.04. The summed E-state index contributed by atoms with van der Waals surface area (Å²) in [5.41, 5.74) is 1.84. The van der Waals surface area contributed by atoms with Gasteiger partial charge < -0.3 is 10.1 Å². The van der Waals surface area contributed by atoms with E-state index in [0.29, 0.717) is 5.69 Å². The van der Waals surface area contributed by atoms with Crippen molar-refractivity contribution in [2.24, 2.45) is 0 Å². The van der Waals surface area contributed by atoms with E-state index in [1.165, 1.54) is 6.07 Å². The number of carbonyl (C=O) groups is 2. The molecule has 0 radical (unpaired) electrons. The second-order valence-corrected chi connectivity index (χ2v) is 5.38. The maximum atomic E-state index is 11.9. The van der Waals surface area contributed by atoms with E-state index in [1.54, 1.807) is 24.3 Å². The van der Waals surface area contributed by atoms with Crippen LogP contribution >= 0.6 is 23.2 Å². The molecule has 2 aromatic rings. The van der Waals surface area contributed by atoms with Gasteiger partial charge in [0.1, 0.15) is 0 Å². The molecular formula is C16H13Cl2NO3. The standard InChI is InChI=1S/C16H13Cl2NO3/c1-10-5-7-11(8-6-10)19-14(20)9-22-16(21)12-3-2-4-13(17)15(12)18/h2-8H,9H2,1H3,(H,19,20). The van der Waals surface area contributed by atoms with E-state index in [-0.39, 0.29) is 15.6 Å². The van der Waals surface area contributed by atoms with Gasteiger partial charge in [0.05, 0.1) is 15.6 Å². The van der Waals surface area contributed by atoms with Crippen LogP contribution in [0.2, 0.25) is 10.0 Å². The van der Waals surface area contributed by atoms with E-state index < -0.39 is 18.5 Å². The number of aryl methyl sites for hydroxylation is 1. The third kappa shape index (κ3) is 4.23. The van der Waals surface area contributed by atoms with Crippen LogP contribution in [0.1, 0.15) is 15.9 Å². The highest BCUT2D eigenvalue weighted by Crippen LogP contribution is 2.25. The Bertz CT molecular complexity index is 699. The fraction of sp³-hybridized carbons (Fsp3) is 0.125. The van der Waals surface area contributed by atoms with Crippen LogP contribution in [-0.2, 0) is 9.53 Å². The van der Waals surface area contributed by atoms with Crippen molar-refractivity contribution in [2.75, 3.05) is 11.9 Å². The summed E-state index contributed by atoms with van der Waals surface area (Å²) in [4.78, 5) is 23.6. The summed E-state index contributed by atoms with van der Waals surface area (Å²) in [6, 6.07) is 11.9. The molecule has 0 aliphatic heterocycles. The highest BCUT2D eigenvalue weighted by Gasteiger charge is 2.15. The van der Waals surface area contributed by atoms with Gasteiger partial charge in [-0.15, -0.1) is 0 Å². The van der Waals surface area contributed by atoms with Gasteiger partial charge in [-0.1, -0.05) is 47.0 Å². The number of rotatable bonds is 4. The highest BCUT2D eigenvalue weighted by molar-refractivity contribution is 6.43. The number of halogens is 2. The fourth-order valence-electron chi connectivity index (χ4n) is 1.70. The zero-order valence-electron chi connectivity index (χ0n) is 11.7. The van der Waals surface area contributed by atoms with Crippen LogP contribution in [0.25, 0.3) is 0 Å². The quantitative estimate of drug-likeness (QED) is 0.854.